The second kappa shape index (κ2) is 4.07. The average Bonchev–Trinajstić information content (AvgIpc) is 2.88. The van der Waals surface area contributed by atoms with Gasteiger partial charge in [-0.1, -0.05) is 0 Å². The Balaban J connectivity index is 2.34. The highest BCUT2D eigenvalue weighted by Gasteiger charge is 2.17. The van der Waals surface area contributed by atoms with Gasteiger partial charge in [-0.2, -0.15) is 5.26 Å². The van der Waals surface area contributed by atoms with Gasteiger partial charge in [-0.3, -0.25) is 0 Å². The van der Waals surface area contributed by atoms with Crippen LogP contribution in [0.3, 0.4) is 0 Å². The van der Waals surface area contributed by atoms with Gasteiger partial charge in [0.15, 0.2) is 11.9 Å². The molecule has 3 aromatic rings. The van der Waals surface area contributed by atoms with E-state index >= 15 is 0 Å². The van der Waals surface area contributed by atoms with Gasteiger partial charge in [0, 0.05) is 5.56 Å². The minimum Gasteiger partial charge on any atom is -0.425 e. The fourth-order valence-electron chi connectivity index (χ4n) is 1.84. The third-order valence-electron chi connectivity index (χ3n) is 2.75. The number of nitrogens with zero attached hydrogens (tertiary/aromatic N) is 3. The number of pyridine rings is 1. The summed E-state index contributed by atoms with van der Waals surface area (Å²) in [6.07, 6.45) is 1.21. The van der Waals surface area contributed by atoms with E-state index in [2.05, 4.69) is 9.97 Å². The van der Waals surface area contributed by atoms with E-state index in [-0.39, 0.29) is 22.8 Å². The van der Waals surface area contributed by atoms with Crippen molar-refractivity contribution < 1.29 is 8.81 Å². The molecular weight excluding hydrogens is 247 g/mol. The molecule has 0 saturated heterocycles. The Kier molecular flexibility index (Phi) is 2.39. The lowest BCUT2D eigenvalue weighted by atomic mass is 10.0. The minimum absolute atomic E-state index is 0.202. The van der Waals surface area contributed by atoms with Gasteiger partial charge in [0.2, 0.25) is 5.71 Å². The van der Waals surface area contributed by atoms with Gasteiger partial charge in [0.05, 0.1) is 11.4 Å². The van der Waals surface area contributed by atoms with Crippen molar-refractivity contribution >= 4 is 16.9 Å². The minimum atomic E-state index is -0.365. The SMILES string of the molecule is N#Cc1c(-c2ccc(F)cc2)nc2ocnc2c1N. The molecule has 0 aliphatic heterocycles. The molecule has 0 aliphatic rings. The third-order valence-corrected chi connectivity index (χ3v) is 2.75. The molecule has 5 nitrogen and oxygen atoms in total. The molecule has 0 atom stereocenters. The number of hydrogen-bond acceptors (Lipinski definition) is 5. The molecule has 6 heteroatoms. The summed E-state index contributed by atoms with van der Waals surface area (Å²) in [5, 5.41) is 9.21. The number of hydrogen-bond donors (Lipinski definition) is 1. The van der Waals surface area contributed by atoms with Crippen molar-refractivity contribution in [1.29, 1.82) is 5.26 Å². The molecule has 19 heavy (non-hydrogen) atoms. The fourth-order valence-corrected chi connectivity index (χ4v) is 1.84. The molecule has 0 unspecified atom stereocenters. The van der Waals surface area contributed by atoms with Crippen LogP contribution in [0.5, 0.6) is 0 Å². The van der Waals surface area contributed by atoms with E-state index in [1.165, 1.54) is 30.7 Å². The Bertz CT molecular complexity index is 802. The zero-order valence-corrected chi connectivity index (χ0v) is 9.59. The summed E-state index contributed by atoms with van der Waals surface area (Å²) in [7, 11) is 0. The second-order valence-electron chi connectivity index (χ2n) is 3.87. The van der Waals surface area contributed by atoms with Gasteiger partial charge >= 0.3 is 0 Å². The highest BCUT2D eigenvalue weighted by Crippen LogP contribution is 2.30. The molecule has 0 amide bonds. The van der Waals surface area contributed by atoms with E-state index in [1.54, 1.807) is 0 Å². The molecule has 0 radical (unpaired) electrons. The van der Waals surface area contributed by atoms with Crippen molar-refractivity contribution in [2.75, 3.05) is 5.73 Å². The molecule has 0 saturated carbocycles. The van der Waals surface area contributed by atoms with Gasteiger partial charge in [-0.25, -0.2) is 14.4 Å². The van der Waals surface area contributed by atoms with Gasteiger partial charge in [0.25, 0.3) is 0 Å². The van der Waals surface area contributed by atoms with E-state index in [1.807, 2.05) is 6.07 Å². The lowest BCUT2D eigenvalue weighted by Crippen LogP contribution is -1.98. The van der Waals surface area contributed by atoms with E-state index in [0.717, 1.165) is 0 Å². The van der Waals surface area contributed by atoms with E-state index in [9.17, 15) is 9.65 Å². The Morgan fingerprint density at radius 1 is 1.26 bits per heavy atom. The number of aromatic nitrogens is 2. The van der Waals surface area contributed by atoms with Crippen LogP contribution in [0.4, 0.5) is 10.1 Å². The summed E-state index contributed by atoms with van der Waals surface area (Å²) < 4.78 is 18.0. The first kappa shape index (κ1) is 11.2. The maximum absolute atomic E-state index is 12.9. The summed E-state index contributed by atoms with van der Waals surface area (Å²) in [6.45, 7) is 0. The maximum Gasteiger partial charge on any atom is 0.249 e. The standard InChI is InChI=1S/C13H7FN4O/c14-8-3-1-7(2-4-8)11-9(5-15)10(16)12-13(18-11)19-6-17-12/h1-4,6H,(H2,16,18). The first-order chi connectivity index (χ1) is 9.20. The van der Waals surface area contributed by atoms with Crippen molar-refractivity contribution in [3.8, 4) is 17.3 Å². The molecular formula is C13H7FN4O. The molecule has 0 fully saturated rings. The fraction of sp³-hybridized carbons (Fsp3) is 0. The molecule has 3 rings (SSSR count). The lowest BCUT2D eigenvalue weighted by Gasteiger charge is -2.05. The van der Waals surface area contributed by atoms with E-state index in [4.69, 9.17) is 10.2 Å². The lowest BCUT2D eigenvalue weighted by molar-refractivity contribution is 0.591. The number of halogens is 1. The first-order valence-electron chi connectivity index (χ1n) is 5.39. The van der Waals surface area contributed by atoms with Crippen LogP contribution >= 0.6 is 0 Å². The summed E-state index contributed by atoms with van der Waals surface area (Å²) >= 11 is 0. The van der Waals surface area contributed by atoms with E-state index < -0.39 is 0 Å². The summed E-state index contributed by atoms with van der Waals surface area (Å²) in [4.78, 5) is 8.12. The molecule has 1 aromatic carbocycles. The van der Waals surface area contributed by atoms with Crippen molar-refractivity contribution in [3.63, 3.8) is 0 Å². The average molecular weight is 254 g/mol. The van der Waals surface area contributed by atoms with Gasteiger partial charge in [-0.05, 0) is 24.3 Å². The van der Waals surface area contributed by atoms with E-state index in [0.29, 0.717) is 16.8 Å². The quantitative estimate of drug-likeness (QED) is 0.720. The number of rotatable bonds is 1. The molecule has 2 N–H and O–H groups in total. The molecule has 92 valence electrons. The van der Waals surface area contributed by atoms with Gasteiger partial charge in [-0.15, -0.1) is 0 Å². The predicted molar refractivity (Wildman–Crippen MR) is 66.3 cm³/mol. The summed E-state index contributed by atoms with van der Waals surface area (Å²) in [5.41, 5.74) is 7.83. The Morgan fingerprint density at radius 2 is 2.00 bits per heavy atom. The van der Waals surface area contributed by atoms with Gasteiger partial charge < -0.3 is 10.2 Å². The molecule has 2 heterocycles. The van der Waals surface area contributed by atoms with Crippen molar-refractivity contribution in [3.05, 3.63) is 42.0 Å². The number of nitrogens with two attached hydrogens (primary N) is 1. The number of fused-ring (bicyclic) bond motifs is 1. The second-order valence-corrected chi connectivity index (χ2v) is 3.87. The zero-order valence-electron chi connectivity index (χ0n) is 9.59. The number of nitrogen functional groups attached to an aromatic ring is 1. The highest BCUT2D eigenvalue weighted by atomic mass is 19.1. The topological polar surface area (TPSA) is 88.7 Å². The summed E-state index contributed by atoms with van der Waals surface area (Å²) in [6, 6.07) is 7.63. The Hall–Kier alpha value is -2.94. The third kappa shape index (κ3) is 1.68. The van der Waals surface area contributed by atoms with Gasteiger partial charge in [0.1, 0.15) is 17.4 Å². The number of benzene rings is 1. The summed E-state index contributed by atoms with van der Waals surface area (Å²) in [5.74, 6) is -0.365. The Morgan fingerprint density at radius 3 is 2.68 bits per heavy atom. The molecule has 0 bridgehead atoms. The smallest absolute Gasteiger partial charge is 0.249 e. The Labute approximate surface area is 107 Å². The van der Waals surface area contributed by atoms with Crippen LogP contribution < -0.4 is 5.73 Å². The van der Waals surface area contributed by atoms with Crippen LogP contribution in [-0.2, 0) is 0 Å². The maximum atomic E-state index is 12.9. The van der Waals surface area contributed by atoms with Crippen LogP contribution in [0.25, 0.3) is 22.5 Å². The van der Waals surface area contributed by atoms with Crippen molar-refractivity contribution in [2.24, 2.45) is 0 Å². The van der Waals surface area contributed by atoms with Crippen LogP contribution in [0.1, 0.15) is 5.56 Å². The normalized spacial score (nSPS) is 10.5. The number of nitriles is 1. The predicted octanol–water partition coefficient (Wildman–Crippen LogP) is 2.48. The molecule has 0 spiro atoms. The molecule has 2 aromatic heterocycles. The van der Waals surface area contributed by atoms with Crippen molar-refractivity contribution in [2.45, 2.75) is 0 Å². The highest BCUT2D eigenvalue weighted by molar-refractivity contribution is 5.91. The number of oxazole rings is 1. The zero-order chi connectivity index (χ0) is 13.4. The largest absolute Gasteiger partial charge is 0.425 e. The molecule has 0 aliphatic carbocycles. The van der Waals surface area contributed by atoms with Crippen LogP contribution in [-0.4, -0.2) is 9.97 Å². The van der Waals surface area contributed by atoms with Crippen LogP contribution in [0.2, 0.25) is 0 Å². The van der Waals surface area contributed by atoms with Crippen molar-refractivity contribution in [1.82, 2.24) is 9.97 Å². The monoisotopic (exact) mass is 254 g/mol. The van der Waals surface area contributed by atoms with Crippen LogP contribution in [0.15, 0.2) is 35.1 Å². The first-order valence-corrected chi connectivity index (χ1v) is 5.39. The number of anilines is 1. The van der Waals surface area contributed by atoms with Crippen LogP contribution in [0, 0.1) is 17.1 Å².